The van der Waals surface area contributed by atoms with Crippen molar-refractivity contribution in [2.75, 3.05) is 39.4 Å². The van der Waals surface area contributed by atoms with E-state index in [1.807, 2.05) is 11.3 Å². The molecular formula is C20H27F3N2O4S. The summed E-state index contributed by atoms with van der Waals surface area (Å²) in [6.07, 6.45) is -0.655. The number of alkyl halides is 3. The van der Waals surface area contributed by atoms with Crippen LogP contribution in [0.1, 0.15) is 30.6 Å². The molecule has 1 atom stereocenters. The lowest BCUT2D eigenvalue weighted by atomic mass is 9.71. The third-order valence-corrected chi connectivity index (χ3v) is 6.99. The molecule has 168 valence electrons. The third-order valence-electron chi connectivity index (χ3n) is 6.12. The Bertz CT molecular complexity index is 714. The Morgan fingerprint density at radius 3 is 2.40 bits per heavy atom. The number of amides is 1. The molecule has 1 unspecified atom stereocenters. The molecular weight excluding hydrogens is 421 g/mol. The van der Waals surface area contributed by atoms with E-state index in [1.54, 1.807) is 0 Å². The van der Waals surface area contributed by atoms with Crippen LogP contribution in [0.4, 0.5) is 13.2 Å². The lowest BCUT2D eigenvalue weighted by Crippen LogP contribution is -2.45. The van der Waals surface area contributed by atoms with Gasteiger partial charge in [-0.3, -0.25) is 9.69 Å². The first-order valence-electron chi connectivity index (χ1n) is 10.1. The van der Waals surface area contributed by atoms with Crippen LogP contribution >= 0.6 is 11.3 Å². The molecule has 0 bridgehead atoms. The van der Waals surface area contributed by atoms with Gasteiger partial charge in [-0.1, -0.05) is 6.07 Å². The maximum atomic E-state index is 13.1. The van der Waals surface area contributed by atoms with Gasteiger partial charge in [0.15, 0.2) is 0 Å². The topological polar surface area (TPSA) is 70.1 Å². The van der Waals surface area contributed by atoms with Crippen molar-refractivity contribution in [2.45, 2.75) is 38.4 Å². The molecule has 0 saturated carbocycles. The van der Waals surface area contributed by atoms with E-state index < -0.39 is 12.1 Å². The Morgan fingerprint density at radius 2 is 1.87 bits per heavy atom. The van der Waals surface area contributed by atoms with Crippen molar-refractivity contribution in [1.82, 2.24) is 9.80 Å². The molecule has 3 saturated heterocycles. The second-order valence-corrected chi connectivity index (χ2v) is 9.14. The predicted octanol–water partition coefficient (Wildman–Crippen LogP) is 3.23. The number of hydrogen-bond acceptors (Lipinski definition) is 5. The van der Waals surface area contributed by atoms with E-state index in [9.17, 15) is 18.0 Å². The summed E-state index contributed by atoms with van der Waals surface area (Å²) in [6, 6.07) is 4.32. The largest absolute Gasteiger partial charge is 0.490 e. The van der Waals surface area contributed by atoms with Crippen molar-refractivity contribution in [2.24, 2.45) is 11.3 Å². The monoisotopic (exact) mass is 448 g/mol. The summed E-state index contributed by atoms with van der Waals surface area (Å²) in [5, 5.41) is 9.27. The van der Waals surface area contributed by atoms with E-state index in [1.165, 1.54) is 17.7 Å². The van der Waals surface area contributed by atoms with E-state index in [0.717, 1.165) is 58.8 Å². The first-order chi connectivity index (χ1) is 14.2. The maximum absolute atomic E-state index is 13.1. The number of carbonyl (C=O) groups is 2. The number of rotatable bonds is 3. The van der Waals surface area contributed by atoms with Crippen molar-refractivity contribution in [3.05, 3.63) is 22.4 Å². The Balaban J connectivity index is 0.000000318. The standard InChI is InChI=1S/C18H26N2O2S.C2HF3O2/c21-17(20-7-1-2-8-20)16-13-19(12-15-4-3-11-23-15)14-18(16)5-9-22-10-6-18;3-2(4,5)1(6)7/h3-4,11,16H,1-2,5-10,12-14H2;(H,6,7). The number of nitrogens with zero attached hydrogens (tertiary/aromatic N) is 2. The summed E-state index contributed by atoms with van der Waals surface area (Å²) in [4.78, 5) is 28.1. The van der Waals surface area contributed by atoms with Crippen LogP contribution in [-0.2, 0) is 20.9 Å². The summed E-state index contributed by atoms with van der Waals surface area (Å²) in [5.41, 5.74) is 0.148. The number of thiophene rings is 1. The maximum Gasteiger partial charge on any atom is 0.490 e. The molecule has 4 rings (SSSR count). The fraction of sp³-hybridized carbons (Fsp3) is 0.700. The molecule has 30 heavy (non-hydrogen) atoms. The van der Waals surface area contributed by atoms with E-state index in [0.29, 0.717) is 5.91 Å². The highest BCUT2D eigenvalue weighted by molar-refractivity contribution is 7.09. The average molecular weight is 449 g/mol. The zero-order chi connectivity index (χ0) is 21.8. The molecule has 1 N–H and O–H groups in total. The fourth-order valence-corrected chi connectivity index (χ4v) is 5.34. The number of likely N-dealkylation sites (tertiary alicyclic amines) is 2. The second kappa shape index (κ2) is 9.65. The number of carboxylic acids is 1. The van der Waals surface area contributed by atoms with Crippen LogP contribution in [0, 0.1) is 11.3 Å². The highest BCUT2D eigenvalue weighted by Gasteiger charge is 2.51. The van der Waals surface area contributed by atoms with Gasteiger partial charge in [-0.05, 0) is 37.1 Å². The van der Waals surface area contributed by atoms with Crippen molar-refractivity contribution in [3.63, 3.8) is 0 Å². The molecule has 0 radical (unpaired) electrons. The molecule has 6 nitrogen and oxygen atoms in total. The molecule has 10 heteroatoms. The summed E-state index contributed by atoms with van der Waals surface area (Å²) >= 11 is 1.82. The lowest BCUT2D eigenvalue weighted by molar-refractivity contribution is -0.192. The zero-order valence-electron chi connectivity index (χ0n) is 16.7. The van der Waals surface area contributed by atoms with Crippen LogP contribution in [0.5, 0.6) is 0 Å². The van der Waals surface area contributed by atoms with Crippen LogP contribution in [0.2, 0.25) is 0 Å². The number of aliphatic carboxylic acids is 1. The smallest absolute Gasteiger partial charge is 0.475 e. The quantitative estimate of drug-likeness (QED) is 0.769. The molecule has 1 aromatic rings. The fourth-order valence-electron chi connectivity index (χ4n) is 4.60. The molecule has 0 aromatic carbocycles. The predicted molar refractivity (Wildman–Crippen MR) is 105 cm³/mol. The molecule has 3 aliphatic rings. The zero-order valence-corrected chi connectivity index (χ0v) is 17.5. The summed E-state index contributed by atoms with van der Waals surface area (Å²) < 4.78 is 37.3. The number of carbonyl (C=O) groups excluding carboxylic acids is 1. The minimum atomic E-state index is -5.08. The molecule has 0 aliphatic carbocycles. The van der Waals surface area contributed by atoms with Crippen LogP contribution in [0.3, 0.4) is 0 Å². The highest BCUT2D eigenvalue weighted by atomic mass is 32.1. The van der Waals surface area contributed by atoms with Gasteiger partial charge in [-0.25, -0.2) is 4.79 Å². The molecule has 4 heterocycles. The van der Waals surface area contributed by atoms with E-state index >= 15 is 0 Å². The van der Waals surface area contributed by atoms with E-state index in [4.69, 9.17) is 14.6 Å². The van der Waals surface area contributed by atoms with Crippen LogP contribution in [0.25, 0.3) is 0 Å². The van der Waals surface area contributed by atoms with Gasteiger partial charge in [0.05, 0.1) is 5.92 Å². The van der Waals surface area contributed by atoms with Crippen molar-refractivity contribution >= 4 is 23.2 Å². The lowest BCUT2D eigenvalue weighted by Gasteiger charge is -2.38. The van der Waals surface area contributed by atoms with Crippen LogP contribution < -0.4 is 0 Å². The average Bonchev–Trinajstić information content (AvgIpc) is 3.44. The van der Waals surface area contributed by atoms with Gasteiger partial charge < -0.3 is 14.7 Å². The first kappa shape index (κ1) is 23.0. The minimum absolute atomic E-state index is 0.148. The van der Waals surface area contributed by atoms with Crippen molar-refractivity contribution < 1.29 is 32.6 Å². The van der Waals surface area contributed by atoms with Gasteiger partial charge in [-0.2, -0.15) is 13.2 Å². The first-order valence-corrected chi connectivity index (χ1v) is 11.0. The van der Waals surface area contributed by atoms with Gasteiger partial charge in [0.1, 0.15) is 0 Å². The van der Waals surface area contributed by atoms with Gasteiger partial charge in [0, 0.05) is 56.2 Å². The minimum Gasteiger partial charge on any atom is -0.475 e. The van der Waals surface area contributed by atoms with Gasteiger partial charge >= 0.3 is 12.1 Å². The molecule has 1 spiro atoms. The van der Waals surface area contributed by atoms with Gasteiger partial charge in [0.25, 0.3) is 0 Å². The van der Waals surface area contributed by atoms with Gasteiger partial charge in [-0.15, -0.1) is 11.3 Å². The Morgan fingerprint density at radius 1 is 1.23 bits per heavy atom. The van der Waals surface area contributed by atoms with Crippen molar-refractivity contribution in [3.8, 4) is 0 Å². The van der Waals surface area contributed by atoms with Crippen LogP contribution in [0.15, 0.2) is 17.5 Å². The number of ether oxygens (including phenoxy) is 1. The number of carboxylic acid groups (broad SMARTS) is 1. The number of hydrogen-bond donors (Lipinski definition) is 1. The number of halogens is 3. The summed E-state index contributed by atoms with van der Waals surface area (Å²) in [7, 11) is 0. The SMILES string of the molecule is O=C(C1CN(Cc2cccs2)CC12CCOCC2)N1CCCC1.O=C(O)C(F)(F)F. The Hall–Kier alpha value is -1.65. The normalized spacial score (nSPS) is 24.0. The third kappa shape index (κ3) is 5.53. The van der Waals surface area contributed by atoms with Crippen LogP contribution in [-0.4, -0.2) is 72.4 Å². The van der Waals surface area contributed by atoms with Crippen molar-refractivity contribution in [1.29, 1.82) is 0 Å². The van der Waals surface area contributed by atoms with Gasteiger partial charge in [0.2, 0.25) is 5.91 Å². The summed E-state index contributed by atoms with van der Waals surface area (Å²) in [5.74, 6) is -2.17. The van der Waals surface area contributed by atoms with E-state index in [-0.39, 0.29) is 11.3 Å². The molecule has 1 aromatic heterocycles. The Kier molecular flexibility index (Phi) is 7.41. The Labute approximate surface area is 177 Å². The molecule has 3 fully saturated rings. The summed E-state index contributed by atoms with van der Waals surface area (Å²) in [6.45, 7) is 6.53. The molecule has 1 amide bonds. The highest BCUT2D eigenvalue weighted by Crippen LogP contribution is 2.45. The molecule has 3 aliphatic heterocycles. The second-order valence-electron chi connectivity index (χ2n) is 8.11. The van der Waals surface area contributed by atoms with E-state index in [2.05, 4.69) is 27.3 Å².